The monoisotopic (exact) mass is 368 g/mol. The lowest BCUT2D eigenvalue weighted by molar-refractivity contribution is -0.119. The van der Waals surface area contributed by atoms with Gasteiger partial charge in [-0.05, 0) is 55.5 Å². The molecule has 1 fully saturated rings. The van der Waals surface area contributed by atoms with Crippen molar-refractivity contribution in [3.63, 3.8) is 0 Å². The average Bonchev–Trinajstić information content (AvgIpc) is 2.70. The number of rotatable bonds is 7. The summed E-state index contributed by atoms with van der Waals surface area (Å²) >= 11 is 0. The summed E-state index contributed by atoms with van der Waals surface area (Å²) in [6, 6.07) is 17.1. The van der Waals surface area contributed by atoms with E-state index in [1.54, 1.807) is 12.1 Å². The Hall–Kier alpha value is -2.20. The van der Waals surface area contributed by atoms with E-state index in [1.165, 1.54) is 17.7 Å². The highest BCUT2D eigenvalue weighted by Crippen LogP contribution is 2.25. The Bertz CT molecular complexity index is 709. The lowest BCUT2D eigenvalue weighted by Gasteiger charge is -2.38. The number of likely N-dealkylation sites (tertiary alicyclic amines) is 1. The van der Waals surface area contributed by atoms with E-state index in [2.05, 4.69) is 29.2 Å². The molecule has 144 valence electrons. The summed E-state index contributed by atoms with van der Waals surface area (Å²) < 4.78 is 13.3. The van der Waals surface area contributed by atoms with Crippen LogP contribution in [-0.4, -0.2) is 36.5 Å². The molecule has 27 heavy (non-hydrogen) atoms. The molecule has 1 amide bonds. The highest BCUT2D eigenvalue weighted by Gasteiger charge is 2.28. The highest BCUT2D eigenvalue weighted by molar-refractivity contribution is 5.93. The second-order valence-corrected chi connectivity index (χ2v) is 7.30. The third kappa shape index (κ3) is 5.39. The van der Waals surface area contributed by atoms with E-state index in [0.717, 1.165) is 51.0 Å². The number of piperidine rings is 1. The number of amides is 1. The van der Waals surface area contributed by atoms with Crippen LogP contribution in [0.3, 0.4) is 0 Å². The van der Waals surface area contributed by atoms with Gasteiger partial charge in [0.15, 0.2) is 0 Å². The molecule has 1 heterocycles. The Morgan fingerprint density at radius 1 is 1.07 bits per heavy atom. The number of carbonyl (C=O) groups is 1. The largest absolute Gasteiger partial charge is 0.309 e. The topological polar surface area (TPSA) is 23.6 Å². The van der Waals surface area contributed by atoms with Crippen molar-refractivity contribution in [1.29, 1.82) is 0 Å². The van der Waals surface area contributed by atoms with E-state index in [4.69, 9.17) is 0 Å². The van der Waals surface area contributed by atoms with Crippen LogP contribution in [0, 0.1) is 5.82 Å². The molecule has 3 rings (SSSR count). The Morgan fingerprint density at radius 2 is 1.74 bits per heavy atom. The van der Waals surface area contributed by atoms with Crippen molar-refractivity contribution in [2.45, 2.75) is 45.1 Å². The predicted molar refractivity (Wildman–Crippen MR) is 108 cm³/mol. The first-order chi connectivity index (χ1) is 13.2. The fourth-order valence-electron chi connectivity index (χ4n) is 3.83. The van der Waals surface area contributed by atoms with Gasteiger partial charge in [-0.1, -0.05) is 37.3 Å². The lowest BCUT2D eigenvalue weighted by atomic mass is 10.0. The average molecular weight is 368 g/mol. The first-order valence-corrected chi connectivity index (χ1v) is 10.0. The minimum Gasteiger partial charge on any atom is -0.309 e. The molecule has 0 saturated carbocycles. The minimum atomic E-state index is -0.266. The van der Waals surface area contributed by atoms with Crippen molar-refractivity contribution in [3.05, 3.63) is 66.0 Å². The van der Waals surface area contributed by atoms with E-state index in [1.807, 2.05) is 17.9 Å². The van der Waals surface area contributed by atoms with E-state index >= 15 is 0 Å². The lowest BCUT2D eigenvalue weighted by Crippen LogP contribution is -2.48. The number of halogens is 1. The number of hydrogen-bond donors (Lipinski definition) is 0. The molecule has 1 aliphatic heterocycles. The number of anilines is 1. The van der Waals surface area contributed by atoms with Gasteiger partial charge in [0.1, 0.15) is 5.82 Å². The molecule has 0 atom stereocenters. The summed E-state index contributed by atoms with van der Waals surface area (Å²) in [6.07, 6.45) is 4.34. The molecule has 0 aliphatic carbocycles. The highest BCUT2D eigenvalue weighted by atomic mass is 19.1. The SMILES string of the molecule is CCCC(=O)N(c1ccc(F)cc1)C1CCN(CCc2ccccc2)CC1. The molecule has 3 nitrogen and oxygen atoms in total. The van der Waals surface area contributed by atoms with E-state index < -0.39 is 0 Å². The van der Waals surface area contributed by atoms with Crippen molar-refractivity contribution in [1.82, 2.24) is 4.90 Å². The third-order valence-electron chi connectivity index (χ3n) is 5.32. The van der Waals surface area contributed by atoms with Gasteiger partial charge in [-0.25, -0.2) is 4.39 Å². The van der Waals surface area contributed by atoms with Gasteiger partial charge < -0.3 is 9.80 Å². The standard InChI is InChI=1S/C23H29FN2O/c1-2-6-23(27)26(21-11-9-20(24)10-12-21)22-14-17-25(18-15-22)16-13-19-7-4-3-5-8-19/h3-5,7-12,22H,2,6,13-18H2,1H3. The van der Waals surface area contributed by atoms with Crippen molar-refractivity contribution in [2.75, 3.05) is 24.5 Å². The minimum absolute atomic E-state index is 0.145. The fraction of sp³-hybridized carbons (Fsp3) is 0.435. The molecule has 0 aromatic heterocycles. The zero-order valence-corrected chi connectivity index (χ0v) is 16.1. The first-order valence-electron chi connectivity index (χ1n) is 10.0. The maximum absolute atomic E-state index is 13.3. The van der Waals surface area contributed by atoms with Crippen LogP contribution in [0.2, 0.25) is 0 Å². The van der Waals surface area contributed by atoms with Gasteiger partial charge in [-0.2, -0.15) is 0 Å². The van der Waals surface area contributed by atoms with Gasteiger partial charge in [-0.3, -0.25) is 4.79 Å². The maximum Gasteiger partial charge on any atom is 0.227 e. The molecule has 2 aromatic rings. The molecule has 0 N–H and O–H groups in total. The summed E-state index contributed by atoms with van der Waals surface area (Å²) in [5, 5.41) is 0. The Kier molecular flexibility index (Phi) is 6.99. The van der Waals surface area contributed by atoms with E-state index in [0.29, 0.717) is 6.42 Å². The van der Waals surface area contributed by atoms with Crippen molar-refractivity contribution in [2.24, 2.45) is 0 Å². The smallest absolute Gasteiger partial charge is 0.227 e. The molecular formula is C23H29FN2O. The molecule has 0 spiro atoms. The zero-order chi connectivity index (χ0) is 19.1. The second kappa shape index (κ2) is 9.65. The van der Waals surface area contributed by atoms with Crippen LogP contribution in [0.5, 0.6) is 0 Å². The Morgan fingerprint density at radius 3 is 2.37 bits per heavy atom. The van der Waals surface area contributed by atoms with E-state index in [9.17, 15) is 9.18 Å². The molecule has 0 radical (unpaired) electrons. The number of hydrogen-bond acceptors (Lipinski definition) is 2. The zero-order valence-electron chi connectivity index (χ0n) is 16.1. The summed E-state index contributed by atoms with van der Waals surface area (Å²) in [4.78, 5) is 17.1. The fourth-order valence-corrected chi connectivity index (χ4v) is 3.83. The van der Waals surface area contributed by atoms with Gasteiger partial charge in [0.05, 0.1) is 0 Å². The van der Waals surface area contributed by atoms with Crippen LogP contribution < -0.4 is 4.90 Å². The molecule has 2 aromatic carbocycles. The van der Waals surface area contributed by atoms with Gasteiger partial charge in [0, 0.05) is 37.8 Å². The first kappa shape index (κ1) is 19.6. The van der Waals surface area contributed by atoms with Crippen LogP contribution in [0.15, 0.2) is 54.6 Å². The molecule has 0 unspecified atom stereocenters. The van der Waals surface area contributed by atoms with Crippen molar-refractivity contribution < 1.29 is 9.18 Å². The normalized spacial score (nSPS) is 15.6. The summed E-state index contributed by atoms with van der Waals surface area (Å²) in [7, 11) is 0. The second-order valence-electron chi connectivity index (χ2n) is 7.30. The molecule has 1 saturated heterocycles. The van der Waals surface area contributed by atoms with E-state index in [-0.39, 0.29) is 17.8 Å². The number of carbonyl (C=O) groups excluding carboxylic acids is 1. The van der Waals surface area contributed by atoms with Gasteiger partial charge in [-0.15, -0.1) is 0 Å². The summed E-state index contributed by atoms with van der Waals surface area (Å²) in [5.41, 5.74) is 2.18. The predicted octanol–water partition coefficient (Wildman–Crippen LogP) is 4.67. The van der Waals surface area contributed by atoms with Gasteiger partial charge >= 0.3 is 0 Å². The van der Waals surface area contributed by atoms with Crippen molar-refractivity contribution in [3.8, 4) is 0 Å². The van der Waals surface area contributed by atoms with Crippen molar-refractivity contribution >= 4 is 11.6 Å². The Balaban J connectivity index is 1.60. The molecule has 0 bridgehead atoms. The summed E-state index contributed by atoms with van der Waals surface area (Å²) in [6.45, 7) is 5.06. The molecule has 4 heteroatoms. The maximum atomic E-state index is 13.3. The summed E-state index contributed by atoms with van der Waals surface area (Å²) in [5.74, 6) is -0.121. The molecule has 1 aliphatic rings. The number of benzene rings is 2. The van der Waals surface area contributed by atoms with Gasteiger partial charge in [0.2, 0.25) is 5.91 Å². The third-order valence-corrected chi connectivity index (χ3v) is 5.32. The van der Waals surface area contributed by atoms with Crippen LogP contribution in [-0.2, 0) is 11.2 Å². The molecular weight excluding hydrogens is 339 g/mol. The van der Waals surface area contributed by atoms with Crippen LogP contribution >= 0.6 is 0 Å². The van der Waals surface area contributed by atoms with Crippen LogP contribution in [0.1, 0.15) is 38.2 Å². The number of nitrogens with zero attached hydrogens (tertiary/aromatic N) is 2. The van der Waals surface area contributed by atoms with Crippen LogP contribution in [0.4, 0.5) is 10.1 Å². The van der Waals surface area contributed by atoms with Gasteiger partial charge in [0.25, 0.3) is 0 Å². The Labute approximate surface area is 161 Å². The quantitative estimate of drug-likeness (QED) is 0.709. The van der Waals surface area contributed by atoms with Crippen LogP contribution in [0.25, 0.3) is 0 Å².